The predicted molar refractivity (Wildman–Crippen MR) is 68.5 cm³/mol. The van der Waals surface area contributed by atoms with Crippen molar-refractivity contribution in [2.24, 2.45) is 11.8 Å². The Labute approximate surface area is 106 Å². The molecule has 0 heterocycles. The molecule has 1 aromatic rings. The van der Waals surface area contributed by atoms with Crippen LogP contribution in [-0.4, -0.2) is 13.0 Å². The molecule has 1 aromatic carbocycles. The molecule has 1 fully saturated rings. The smallest absolute Gasteiger partial charge is 0.227 e. The van der Waals surface area contributed by atoms with Crippen LogP contribution in [0.1, 0.15) is 19.8 Å². The number of rotatable bonds is 4. The molecule has 0 aliphatic heterocycles. The largest absolute Gasteiger partial charge is 0.495 e. The molecule has 0 spiro atoms. The van der Waals surface area contributed by atoms with E-state index in [2.05, 4.69) is 5.32 Å². The Hall–Kier alpha value is -1.22. The number of benzene rings is 1. The minimum atomic E-state index is 0.0352. The molecular weight excluding hydrogens is 238 g/mol. The lowest BCUT2D eigenvalue weighted by molar-refractivity contribution is -0.119. The highest BCUT2D eigenvalue weighted by molar-refractivity contribution is 6.31. The number of carbonyl (C=O) groups is 1. The number of hydrogen-bond donors (Lipinski definition) is 1. The Morgan fingerprint density at radius 1 is 1.53 bits per heavy atom. The first-order valence-electron chi connectivity index (χ1n) is 5.76. The van der Waals surface area contributed by atoms with Crippen molar-refractivity contribution >= 4 is 23.2 Å². The number of amides is 1. The second-order valence-corrected chi connectivity index (χ2v) is 4.90. The van der Waals surface area contributed by atoms with Crippen molar-refractivity contribution in [3.05, 3.63) is 23.2 Å². The standard InChI is InChI=1S/C13H16ClNO2/c1-8(9-3-4-9)13(16)15-11-7-10(14)5-6-12(11)17-2/h5-9H,3-4H2,1-2H3,(H,15,16). The van der Waals surface area contributed by atoms with E-state index in [0.29, 0.717) is 22.4 Å². The molecule has 92 valence electrons. The third-order valence-corrected chi connectivity index (χ3v) is 3.40. The molecule has 1 aliphatic carbocycles. The van der Waals surface area contributed by atoms with Crippen molar-refractivity contribution in [3.63, 3.8) is 0 Å². The van der Waals surface area contributed by atoms with Gasteiger partial charge in [-0.3, -0.25) is 4.79 Å². The van der Waals surface area contributed by atoms with Gasteiger partial charge in [0.25, 0.3) is 0 Å². The number of carbonyl (C=O) groups excluding carboxylic acids is 1. The Morgan fingerprint density at radius 3 is 2.82 bits per heavy atom. The number of methoxy groups -OCH3 is 1. The molecule has 1 aliphatic rings. The molecule has 17 heavy (non-hydrogen) atoms. The topological polar surface area (TPSA) is 38.3 Å². The fourth-order valence-corrected chi connectivity index (χ4v) is 2.01. The molecule has 3 nitrogen and oxygen atoms in total. The Bertz CT molecular complexity index is 429. The number of anilines is 1. The maximum Gasteiger partial charge on any atom is 0.227 e. The van der Waals surface area contributed by atoms with Gasteiger partial charge in [0.2, 0.25) is 5.91 Å². The van der Waals surface area contributed by atoms with Crippen LogP contribution in [0.5, 0.6) is 5.75 Å². The number of ether oxygens (including phenoxy) is 1. The van der Waals surface area contributed by atoms with Crippen molar-refractivity contribution in [1.29, 1.82) is 0 Å². The summed E-state index contributed by atoms with van der Waals surface area (Å²) in [7, 11) is 1.57. The lowest BCUT2D eigenvalue weighted by Gasteiger charge is -2.14. The fraction of sp³-hybridized carbons (Fsp3) is 0.462. The SMILES string of the molecule is COc1ccc(Cl)cc1NC(=O)C(C)C1CC1. The van der Waals surface area contributed by atoms with E-state index >= 15 is 0 Å². The summed E-state index contributed by atoms with van der Waals surface area (Å²) in [5, 5.41) is 3.46. The van der Waals surface area contributed by atoms with Gasteiger partial charge in [0.1, 0.15) is 5.75 Å². The summed E-state index contributed by atoms with van der Waals surface area (Å²) in [6.45, 7) is 1.96. The van der Waals surface area contributed by atoms with Crippen LogP contribution in [0.4, 0.5) is 5.69 Å². The minimum absolute atomic E-state index is 0.0352. The van der Waals surface area contributed by atoms with E-state index in [0.717, 1.165) is 12.8 Å². The fourth-order valence-electron chi connectivity index (χ4n) is 1.83. The lowest BCUT2D eigenvalue weighted by atomic mass is 10.1. The van der Waals surface area contributed by atoms with E-state index in [9.17, 15) is 4.79 Å². The zero-order chi connectivity index (χ0) is 12.4. The molecule has 0 aromatic heterocycles. The van der Waals surface area contributed by atoms with Gasteiger partial charge in [-0.15, -0.1) is 0 Å². The van der Waals surface area contributed by atoms with Gasteiger partial charge < -0.3 is 10.1 Å². The average Bonchev–Trinajstić information content (AvgIpc) is 3.12. The second-order valence-electron chi connectivity index (χ2n) is 4.46. The van der Waals surface area contributed by atoms with Crippen LogP contribution >= 0.6 is 11.6 Å². The Kier molecular flexibility index (Phi) is 3.57. The lowest BCUT2D eigenvalue weighted by Crippen LogP contribution is -2.22. The van der Waals surface area contributed by atoms with Gasteiger partial charge in [-0.25, -0.2) is 0 Å². The van der Waals surface area contributed by atoms with E-state index in [1.807, 2.05) is 6.92 Å². The number of hydrogen-bond acceptors (Lipinski definition) is 2. The summed E-state index contributed by atoms with van der Waals surface area (Å²) in [4.78, 5) is 12.0. The third kappa shape index (κ3) is 2.91. The molecule has 1 atom stereocenters. The molecule has 0 radical (unpaired) electrons. The third-order valence-electron chi connectivity index (χ3n) is 3.16. The van der Waals surface area contributed by atoms with Crippen LogP contribution in [-0.2, 0) is 4.79 Å². The second kappa shape index (κ2) is 4.96. The molecular formula is C13H16ClNO2. The highest BCUT2D eigenvalue weighted by Gasteiger charge is 2.32. The normalized spacial score (nSPS) is 16.4. The van der Waals surface area contributed by atoms with Crippen molar-refractivity contribution in [2.75, 3.05) is 12.4 Å². The zero-order valence-electron chi connectivity index (χ0n) is 10.00. The van der Waals surface area contributed by atoms with Gasteiger partial charge in [-0.05, 0) is 37.0 Å². The minimum Gasteiger partial charge on any atom is -0.495 e. The summed E-state index contributed by atoms with van der Waals surface area (Å²) >= 11 is 5.90. The molecule has 1 saturated carbocycles. The predicted octanol–water partition coefficient (Wildman–Crippen LogP) is 3.33. The Morgan fingerprint density at radius 2 is 2.24 bits per heavy atom. The first-order chi connectivity index (χ1) is 8.11. The van der Waals surface area contributed by atoms with Crippen LogP contribution < -0.4 is 10.1 Å². The van der Waals surface area contributed by atoms with Gasteiger partial charge in [-0.2, -0.15) is 0 Å². The van der Waals surface area contributed by atoms with Crippen molar-refractivity contribution < 1.29 is 9.53 Å². The van der Waals surface area contributed by atoms with Crippen LogP contribution in [0.2, 0.25) is 5.02 Å². The molecule has 1 unspecified atom stereocenters. The van der Waals surface area contributed by atoms with E-state index in [1.165, 1.54) is 0 Å². The summed E-state index contributed by atoms with van der Waals surface area (Å²) in [5.41, 5.74) is 0.637. The zero-order valence-corrected chi connectivity index (χ0v) is 10.8. The van der Waals surface area contributed by atoms with E-state index in [4.69, 9.17) is 16.3 Å². The van der Waals surface area contributed by atoms with Gasteiger partial charge in [-0.1, -0.05) is 18.5 Å². The first-order valence-corrected chi connectivity index (χ1v) is 6.14. The van der Waals surface area contributed by atoms with Crippen molar-refractivity contribution in [3.8, 4) is 5.75 Å². The highest BCUT2D eigenvalue weighted by Crippen LogP contribution is 2.37. The molecule has 1 amide bonds. The average molecular weight is 254 g/mol. The van der Waals surface area contributed by atoms with E-state index in [-0.39, 0.29) is 11.8 Å². The maximum atomic E-state index is 12.0. The molecule has 1 N–H and O–H groups in total. The van der Waals surface area contributed by atoms with Crippen LogP contribution in [0.3, 0.4) is 0 Å². The van der Waals surface area contributed by atoms with Gasteiger partial charge >= 0.3 is 0 Å². The monoisotopic (exact) mass is 253 g/mol. The number of nitrogens with one attached hydrogen (secondary N) is 1. The summed E-state index contributed by atoms with van der Waals surface area (Å²) < 4.78 is 5.18. The van der Waals surface area contributed by atoms with Gasteiger partial charge in [0.05, 0.1) is 12.8 Å². The van der Waals surface area contributed by atoms with Gasteiger partial charge in [0.15, 0.2) is 0 Å². The summed E-state index contributed by atoms with van der Waals surface area (Å²) in [6.07, 6.45) is 2.31. The molecule has 0 bridgehead atoms. The Balaban J connectivity index is 2.11. The first kappa shape index (κ1) is 12.2. The quantitative estimate of drug-likeness (QED) is 0.894. The molecule has 2 rings (SSSR count). The molecule has 4 heteroatoms. The summed E-state index contributed by atoms with van der Waals surface area (Å²) in [6, 6.07) is 5.19. The van der Waals surface area contributed by atoms with Crippen molar-refractivity contribution in [2.45, 2.75) is 19.8 Å². The highest BCUT2D eigenvalue weighted by atomic mass is 35.5. The van der Waals surface area contributed by atoms with Crippen LogP contribution in [0.25, 0.3) is 0 Å². The van der Waals surface area contributed by atoms with Gasteiger partial charge in [0, 0.05) is 10.9 Å². The maximum absolute atomic E-state index is 12.0. The van der Waals surface area contributed by atoms with Crippen LogP contribution in [0, 0.1) is 11.8 Å². The number of halogens is 1. The summed E-state index contributed by atoms with van der Waals surface area (Å²) in [5.74, 6) is 1.26. The van der Waals surface area contributed by atoms with E-state index < -0.39 is 0 Å². The van der Waals surface area contributed by atoms with E-state index in [1.54, 1.807) is 25.3 Å². The van der Waals surface area contributed by atoms with Crippen molar-refractivity contribution in [1.82, 2.24) is 0 Å². The van der Waals surface area contributed by atoms with Crippen LogP contribution in [0.15, 0.2) is 18.2 Å². The molecule has 0 saturated heterocycles.